The maximum Gasteiger partial charge on any atom is 0.251 e. The van der Waals surface area contributed by atoms with Crippen LogP contribution in [0.15, 0.2) is 30.3 Å². The average molecular weight is 324 g/mol. The van der Waals surface area contributed by atoms with Gasteiger partial charge in [-0.25, -0.2) is 12.7 Å². The number of rotatable bonds is 5. The van der Waals surface area contributed by atoms with E-state index in [9.17, 15) is 13.2 Å². The number of carbonyl (C=O) groups is 1. The molecule has 2 rings (SSSR count). The van der Waals surface area contributed by atoms with Crippen LogP contribution >= 0.6 is 0 Å². The van der Waals surface area contributed by atoms with Gasteiger partial charge in [0.2, 0.25) is 10.0 Å². The Bertz CT molecular complexity index is 591. The number of benzene rings is 1. The van der Waals surface area contributed by atoms with Crippen molar-refractivity contribution >= 4 is 15.9 Å². The standard InChI is InChI=1S/C16H24N2O3S/c1-13-10-14(2)12-18(11-13)22(20,21)9-8-17-16(19)15-6-4-3-5-7-15/h3-7,13-14H,8-12H2,1-2H3,(H,17,19)/t13-,14-/m0/s1. The van der Waals surface area contributed by atoms with Crippen molar-refractivity contribution in [1.82, 2.24) is 9.62 Å². The molecule has 0 bridgehead atoms. The van der Waals surface area contributed by atoms with Gasteiger partial charge in [0, 0.05) is 25.2 Å². The van der Waals surface area contributed by atoms with Crippen LogP contribution in [-0.4, -0.2) is 44.0 Å². The van der Waals surface area contributed by atoms with Crippen LogP contribution in [-0.2, 0) is 10.0 Å². The van der Waals surface area contributed by atoms with Gasteiger partial charge in [-0.2, -0.15) is 0 Å². The van der Waals surface area contributed by atoms with E-state index in [-0.39, 0.29) is 18.2 Å². The highest BCUT2D eigenvalue weighted by molar-refractivity contribution is 7.89. The number of nitrogens with one attached hydrogen (secondary N) is 1. The Balaban J connectivity index is 1.86. The van der Waals surface area contributed by atoms with Crippen molar-refractivity contribution in [2.45, 2.75) is 20.3 Å². The van der Waals surface area contributed by atoms with Crippen LogP contribution in [0.25, 0.3) is 0 Å². The first-order valence-corrected chi connectivity index (χ1v) is 9.30. The third kappa shape index (κ3) is 4.55. The van der Waals surface area contributed by atoms with E-state index < -0.39 is 10.0 Å². The van der Waals surface area contributed by atoms with E-state index in [1.54, 1.807) is 28.6 Å². The smallest absolute Gasteiger partial charge is 0.251 e. The van der Waals surface area contributed by atoms with E-state index >= 15 is 0 Å². The van der Waals surface area contributed by atoms with Gasteiger partial charge in [-0.1, -0.05) is 32.0 Å². The molecule has 22 heavy (non-hydrogen) atoms. The normalized spacial score (nSPS) is 23.2. The first kappa shape index (κ1) is 17.0. The van der Waals surface area contributed by atoms with Gasteiger partial charge in [-0.05, 0) is 30.4 Å². The molecule has 2 atom stereocenters. The fourth-order valence-electron chi connectivity index (χ4n) is 2.95. The molecule has 6 heteroatoms. The van der Waals surface area contributed by atoms with E-state index in [0.29, 0.717) is 30.5 Å². The molecule has 0 radical (unpaired) electrons. The van der Waals surface area contributed by atoms with Crippen molar-refractivity contribution in [2.75, 3.05) is 25.4 Å². The van der Waals surface area contributed by atoms with Gasteiger partial charge in [0.15, 0.2) is 0 Å². The van der Waals surface area contributed by atoms with Crippen molar-refractivity contribution in [1.29, 1.82) is 0 Å². The van der Waals surface area contributed by atoms with Crippen LogP contribution in [0.3, 0.4) is 0 Å². The predicted octanol–water partition coefficient (Wildman–Crippen LogP) is 1.72. The first-order chi connectivity index (χ1) is 10.4. The summed E-state index contributed by atoms with van der Waals surface area (Å²) in [6.07, 6.45) is 1.07. The summed E-state index contributed by atoms with van der Waals surface area (Å²) >= 11 is 0. The molecule has 0 saturated carbocycles. The molecule has 0 aromatic heterocycles. The minimum atomic E-state index is -3.31. The maximum atomic E-state index is 12.4. The zero-order valence-corrected chi connectivity index (χ0v) is 14.0. The summed E-state index contributed by atoms with van der Waals surface area (Å²) in [6.45, 7) is 5.46. The SMILES string of the molecule is C[C@H]1C[C@H](C)CN(S(=O)(=O)CCNC(=O)c2ccccc2)C1. The molecule has 1 aliphatic rings. The van der Waals surface area contributed by atoms with Crippen LogP contribution < -0.4 is 5.32 Å². The van der Waals surface area contributed by atoms with E-state index in [0.717, 1.165) is 6.42 Å². The Hall–Kier alpha value is -1.40. The largest absolute Gasteiger partial charge is 0.351 e. The van der Waals surface area contributed by atoms with Crippen LogP contribution in [0.4, 0.5) is 0 Å². The molecule has 0 spiro atoms. The Kier molecular flexibility index (Phi) is 5.58. The summed E-state index contributed by atoms with van der Waals surface area (Å²) in [5.41, 5.74) is 0.542. The van der Waals surface area contributed by atoms with E-state index in [1.165, 1.54) is 0 Å². The van der Waals surface area contributed by atoms with Crippen LogP contribution in [0.2, 0.25) is 0 Å². The fourth-order valence-corrected chi connectivity index (χ4v) is 4.53. The lowest BCUT2D eigenvalue weighted by Gasteiger charge is -2.34. The van der Waals surface area contributed by atoms with Crippen LogP contribution in [0.1, 0.15) is 30.6 Å². The van der Waals surface area contributed by atoms with Gasteiger partial charge in [0.05, 0.1) is 5.75 Å². The zero-order valence-electron chi connectivity index (χ0n) is 13.2. The van der Waals surface area contributed by atoms with Gasteiger partial charge in [-0.3, -0.25) is 4.79 Å². The van der Waals surface area contributed by atoms with Crippen LogP contribution in [0.5, 0.6) is 0 Å². The van der Waals surface area contributed by atoms with E-state index in [4.69, 9.17) is 0 Å². The molecule has 0 unspecified atom stereocenters. The van der Waals surface area contributed by atoms with Gasteiger partial charge >= 0.3 is 0 Å². The van der Waals surface area contributed by atoms with Gasteiger partial charge in [-0.15, -0.1) is 0 Å². The lowest BCUT2D eigenvalue weighted by atomic mass is 9.94. The molecular formula is C16H24N2O3S. The van der Waals surface area contributed by atoms with Gasteiger partial charge in [0.25, 0.3) is 5.91 Å². The van der Waals surface area contributed by atoms with Crippen molar-refractivity contribution in [3.63, 3.8) is 0 Å². The highest BCUT2D eigenvalue weighted by Gasteiger charge is 2.30. The Morgan fingerprint density at radius 1 is 1.18 bits per heavy atom. The number of sulfonamides is 1. The summed E-state index contributed by atoms with van der Waals surface area (Å²) in [5, 5.41) is 2.67. The zero-order chi connectivity index (χ0) is 16.2. The van der Waals surface area contributed by atoms with Crippen molar-refractivity contribution in [3.8, 4) is 0 Å². The Morgan fingerprint density at radius 2 is 1.77 bits per heavy atom. The predicted molar refractivity (Wildman–Crippen MR) is 87.1 cm³/mol. The average Bonchev–Trinajstić information content (AvgIpc) is 2.47. The maximum absolute atomic E-state index is 12.4. The number of carbonyl (C=O) groups excluding carboxylic acids is 1. The van der Waals surface area contributed by atoms with E-state index in [1.807, 2.05) is 6.07 Å². The second kappa shape index (κ2) is 7.24. The summed E-state index contributed by atoms with van der Waals surface area (Å²) < 4.78 is 26.3. The molecule has 1 aliphatic heterocycles. The molecule has 1 heterocycles. The van der Waals surface area contributed by atoms with Crippen LogP contribution in [0, 0.1) is 11.8 Å². The van der Waals surface area contributed by atoms with Gasteiger partial charge in [0.1, 0.15) is 0 Å². The lowest BCUT2D eigenvalue weighted by Crippen LogP contribution is -2.45. The second-order valence-electron chi connectivity index (χ2n) is 6.20. The van der Waals surface area contributed by atoms with Crippen molar-refractivity contribution < 1.29 is 13.2 Å². The van der Waals surface area contributed by atoms with Crippen molar-refractivity contribution in [3.05, 3.63) is 35.9 Å². The highest BCUT2D eigenvalue weighted by Crippen LogP contribution is 2.23. The molecule has 0 aliphatic carbocycles. The second-order valence-corrected chi connectivity index (χ2v) is 8.29. The van der Waals surface area contributed by atoms with E-state index in [2.05, 4.69) is 19.2 Å². The summed E-state index contributed by atoms with van der Waals surface area (Å²) in [4.78, 5) is 11.9. The van der Waals surface area contributed by atoms with Crippen molar-refractivity contribution in [2.24, 2.45) is 11.8 Å². The number of piperidine rings is 1. The molecular weight excluding hydrogens is 300 g/mol. The quantitative estimate of drug-likeness (QED) is 0.897. The molecule has 1 aromatic rings. The molecule has 1 fully saturated rings. The Morgan fingerprint density at radius 3 is 2.36 bits per heavy atom. The molecule has 1 N–H and O–H groups in total. The highest BCUT2D eigenvalue weighted by atomic mass is 32.2. The first-order valence-electron chi connectivity index (χ1n) is 7.69. The molecule has 1 saturated heterocycles. The summed E-state index contributed by atoms with van der Waals surface area (Å²) in [5.74, 6) is 0.483. The fraction of sp³-hybridized carbons (Fsp3) is 0.562. The summed E-state index contributed by atoms with van der Waals surface area (Å²) in [6, 6.07) is 8.81. The number of nitrogens with zero attached hydrogens (tertiary/aromatic N) is 1. The third-order valence-electron chi connectivity index (χ3n) is 3.91. The molecule has 1 amide bonds. The Labute approximate surface area is 132 Å². The molecule has 5 nitrogen and oxygen atoms in total. The lowest BCUT2D eigenvalue weighted by molar-refractivity contribution is 0.0956. The topological polar surface area (TPSA) is 66.5 Å². The molecule has 1 aromatic carbocycles. The monoisotopic (exact) mass is 324 g/mol. The number of hydrogen-bond acceptors (Lipinski definition) is 3. The summed E-state index contributed by atoms with van der Waals surface area (Å²) in [7, 11) is -3.31. The number of amides is 1. The molecule has 122 valence electrons. The van der Waals surface area contributed by atoms with Gasteiger partial charge < -0.3 is 5.32 Å². The third-order valence-corrected chi connectivity index (χ3v) is 5.72. The minimum Gasteiger partial charge on any atom is -0.351 e. The minimum absolute atomic E-state index is 0.0506. The number of hydrogen-bond donors (Lipinski definition) is 1.